The Morgan fingerprint density at radius 1 is 1.19 bits per heavy atom. The minimum absolute atomic E-state index is 0.0775. The smallest absolute Gasteiger partial charge is 0.348 e. The Kier molecular flexibility index (Phi) is 6.41. The van der Waals surface area contributed by atoms with E-state index in [1.165, 1.54) is 4.80 Å². The molecule has 0 saturated heterocycles. The number of hydrogen-bond donors (Lipinski definition) is 2. The molecule has 0 radical (unpaired) electrons. The fraction of sp³-hybridized carbons (Fsp3) is 0.400. The van der Waals surface area contributed by atoms with Crippen LogP contribution in [0.25, 0.3) is 16.7 Å². The van der Waals surface area contributed by atoms with Crippen molar-refractivity contribution in [3.8, 4) is 11.4 Å². The monoisotopic (exact) mass is 436 g/mol. The molecule has 0 unspecified atom stereocenters. The molecule has 0 aliphatic carbocycles. The number of rotatable bonds is 7. The topological polar surface area (TPSA) is 89.3 Å². The van der Waals surface area contributed by atoms with E-state index in [4.69, 9.17) is 4.84 Å². The van der Waals surface area contributed by atoms with E-state index in [1.807, 2.05) is 37.3 Å². The molecule has 2 aromatic carbocycles. The third kappa shape index (κ3) is 4.99. The first-order chi connectivity index (χ1) is 14.9. The molecule has 0 saturated carbocycles. The second kappa shape index (κ2) is 8.74. The fourth-order valence-electron chi connectivity index (χ4n) is 4.43. The zero-order valence-corrected chi connectivity index (χ0v) is 19.7. The second-order valence-electron chi connectivity index (χ2n) is 9.96. The maximum Gasteiger partial charge on any atom is 0.348 e. The number of aryl methyl sites for hydroxylation is 1. The molecule has 0 aliphatic rings. The Hall–Kier alpha value is -3.19. The number of phenolic OH excluding ortho intramolecular Hbond substituents is 1. The molecule has 1 heterocycles. The van der Waals surface area contributed by atoms with Crippen LogP contribution in [0.4, 0.5) is 0 Å². The van der Waals surface area contributed by atoms with Crippen molar-refractivity contribution in [2.75, 3.05) is 0 Å². The number of hydroxylamine groups is 1. The molecule has 3 rings (SSSR count). The summed E-state index contributed by atoms with van der Waals surface area (Å²) in [6.45, 7) is 16.4. The van der Waals surface area contributed by atoms with Crippen molar-refractivity contribution < 1.29 is 14.7 Å². The van der Waals surface area contributed by atoms with Crippen LogP contribution in [0.1, 0.15) is 57.7 Å². The highest BCUT2D eigenvalue weighted by Gasteiger charge is 2.32. The third-order valence-corrected chi connectivity index (χ3v) is 5.35. The number of carbonyl (C=O) groups is 1. The minimum Gasteiger partial charge on any atom is -0.505 e. The van der Waals surface area contributed by atoms with Crippen molar-refractivity contribution in [2.45, 2.75) is 59.9 Å². The summed E-state index contributed by atoms with van der Waals surface area (Å²) in [4.78, 5) is 18.1. The normalized spacial score (nSPS) is 12.2. The molecule has 0 aliphatic heterocycles. The van der Waals surface area contributed by atoms with Gasteiger partial charge in [0.15, 0.2) is 0 Å². The van der Waals surface area contributed by atoms with Gasteiger partial charge >= 0.3 is 5.97 Å². The molecule has 1 aromatic heterocycles. The number of phenols is 1. The van der Waals surface area contributed by atoms with Crippen LogP contribution in [-0.4, -0.2) is 26.1 Å². The first-order valence-electron chi connectivity index (χ1n) is 10.7. The molecule has 0 spiro atoms. The van der Waals surface area contributed by atoms with E-state index in [-0.39, 0.29) is 23.1 Å². The Bertz CT molecular complexity index is 1120. The van der Waals surface area contributed by atoms with Crippen LogP contribution in [0.2, 0.25) is 0 Å². The van der Waals surface area contributed by atoms with E-state index in [0.29, 0.717) is 5.69 Å². The molecule has 0 fully saturated rings. The van der Waals surface area contributed by atoms with Gasteiger partial charge in [0.25, 0.3) is 0 Å². The Morgan fingerprint density at radius 3 is 2.31 bits per heavy atom. The van der Waals surface area contributed by atoms with Crippen LogP contribution in [0.15, 0.2) is 43.0 Å². The summed E-state index contributed by atoms with van der Waals surface area (Å²) >= 11 is 0. The molecule has 7 heteroatoms. The number of aromatic nitrogens is 3. The van der Waals surface area contributed by atoms with Crippen LogP contribution in [-0.2, 0) is 21.6 Å². The van der Waals surface area contributed by atoms with Crippen molar-refractivity contribution in [1.82, 2.24) is 20.5 Å². The summed E-state index contributed by atoms with van der Waals surface area (Å²) in [6.07, 6.45) is 1.99. The van der Waals surface area contributed by atoms with Gasteiger partial charge in [-0.3, -0.25) is 0 Å². The average Bonchev–Trinajstić information content (AvgIpc) is 3.12. The number of benzene rings is 2. The van der Waals surface area contributed by atoms with Crippen LogP contribution < -0.4 is 5.48 Å². The number of aromatic hydroxyl groups is 1. The van der Waals surface area contributed by atoms with Crippen molar-refractivity contribution in [2.24, 2.45) is 5.41 Å². The molecule has 7 nitrogen and oxygen atoms in total. The summed E-state index contributed by atoms with van der Waals surface area (Å²) in [5.41, 5.74) is 6.99. The molecule has 0 amide bonds. The van der Waals surface area contributed by atoms with Gasteiger partial charge < -0.3 is 9.94 Å². The predicted octanol–water partition coefficient (Wildman–Crippen LogP) is 4.88. The van der Waals surface area contributed by atoms with Gasteiger partial charge in [0.2, 0.25) is 0 Å². The summed E-state index contributed by atoms with van der Waals surface area (Å²) in [6, 6.07) is 9.54. The molecular weight excluding hydrogens is 404 g/mol. The van der Waals surface area contributed by atoms with Crippen molar-refractivity contribution in [1.29, 1.82) is 0 Å². The Labute approximate surface area is 189 Å². The molecule has 0 atom stereocenters. The largest absolute Gasteiger partial charge is 0.505 e. The van der Waals surface area contributed by atoms with Gasteiger partial charge in [-0.1, -0.05) is 59.4 Å². The fourth-order valence-corrected chi connectivity index (χ4v) is 4.43. The number of nitrogens with zero attached hydrogens (tertiary/aromatic N) is 3. The maximum absolute atomic E-state index is 11.6. The first-order valence-corrected chi connectivity index (χ1v) is 10.7. The second-order valence-corrected chi connectivity index (χ2v) is 9.96. The lowest BCUT2D eigenvalue weighted by Crippen LogP contribution is -2.29. The lowest BCUT2D eigenvalue weighted by atomic mass is 9.70. The van der Waals surface area contributed by atoms with Gasteiger partial charge in [-0.2, -0.15) is 0 Å². The highest BCUT2D eigenvalue weighted by atomic mass is 16.7. The molecular formula is C25H32N4O3. The minimum atomic E-state index is -0.582. The molecule has 0 bridgehead atoms. The molecule has 32 heavy (non-hydrogen) atoms. The SMILES string of the molecule is C=CC(=O)ONCc1c(C(C)(C)CC(C)(C)C)cc(C)c(O)c1-n1nc2ccccc2n1. The molecule has 2 N–H and O–H groups in total. The number of carbonyl (C=O) groups excluding carboxylic acids is 1. The maximum atomic E-state index is 11.6. The van der Waals surface area contributed by atoms with E-state index in [2.05, 4.69) is 56.9 Å². The summed E-state index contributed by atoms with van der Waals surface area (Å²) in [5, 5.41) is 20.3. The van der Waals surface area contributed by atoms with Gasteiger partial charge in [0.1, 0.15) is 22.5 Å². The van der Waals surface area contributed by atoms with Crippen molar-refractivity contribution in [3.05, 3.63) is 59.7 Å². The highest BCUT2D eigenvalue weighted by molar-refractivity contribution is 5.80. The van der Waals surface area contributed by atoms with Gasteiger partial charge in [-0.05, 0) is 47.4 Å². The highest BCUT2D eigenvalue weighted by Crippen LogP contribution is 2.42. The van der Waals surface area contributed by atoms with E-state index in [9.17, 15) is 9.90 Å². The lowest BCUT2D eigenvalue weighted by molar-refractivity contribution is -0.145. The van der Waals surface area contributed by atoms with Gasteiger partial charge in [0, 0.05) is 11.6 Å². The van der Waals surface area contributed by atoms with E-state index in [0.717, 1.165) is 40.2 Å². The number of hydrogen-bond acceptors (Lipinski definition) is 6. The van der Waals surface area contributed by atoms with Gasteiger partial charge in [-0.25, -0.2) is 4.79 Å². The Morgan fingerprint density at radius 2 is 1.78 bits per heavy atom. The van der Waals surface area contributed by atoms with Crippen LogP contribution in [0.5, 0.6) is 5.75 Å². The summed E-state index contributed by atoms with van der Waals surface area (Å²) < 4.78 is 0. The third-order valence-electron chi connectivity index (χ3n) is 5.35. The van der Waals surface area contributed by atoms with Crippen molar-refractivity contribution in [3.63, 3.8) is 0 Å². The van der Waals surface area contributed by atoms with Gasteiger partial charge in [-0.15, -0.1) is 20.5 Å². The van der Waals surface area contributed by atoms with E-state index in [1.54, 1.807) is 0 Å². The zero-order chi connectivity index (χ0) is 23.7. The van der Waals surface area contributed by atoms with E-state index >= 15 is 0 Å². The number of fused-ring (bicyclic) bond motifs is 1. The number of nitrogens with one attached hydrogen (secondary N) is 1. The summed E-state index contributed by atoms with van der Waals surface area (Å²) in [5.74, 6) is -0.492. The average molecular weight is 437 g/mol. The quantitative estimate of drug-likeness (QED) is 0.405. The van der Waals surface area contributed by atoms with Crippen LogP contribution in [0, 0.1) is 12.3 Å². The zero-order valence-electron chi connectivity index (χ0n) is 19.7. The van der Waals surface area contributed by atoms with Gasteiger partial charge in [0.05, 0.1) is 6.54 Å². The summed E-state index contributed by atoms with van der Waals surface area (Å²) in [7, 11) is 0. The Balaban J connectivity index is 2.22. The predicted molar refractivity (Wildman–Crippen MR) is 125 cm³/mol. The molecule has 3 aromatic rings. The first kappa shape index (κ1) is 23.5. The van der Waals surface area contributed by atoms with Crippen LogP contribution >= 0.6 is 0 Å². The lowest BCUT2D eigenvalue weighted by Gasteiger charge is -2.35. The standard InChI is InChI=1S/C25H32N4O3/c1-8-21(30)32-26-14-17-18(25(6,7)15-24(3,4)5)13-16(2)23(31)22(17)29-27-19-11-9-10-12-20(19)28-29/h8-13,26,31H,1,14-15H2,2-7H3. The van der Waals surface area contributed by atoms with Crippen LogP contribution in [0.3, 0.4) is 0 Å². The van der Waals surface area contributed by atoms with Crippen molar-refractivity contribution >= 4 is 17.0 Å². The van der Waals surface area contributed by atoms with E-state index < -0.39 is 5.97 Å². The molecule has 170 valence electrons.